The topological polar surface area (TPSA) is 24.9 Å². The van der Waals surface area contributed by atoms with Crippen LogP contribution in [-0.4, -0.2) is 11.5 Å². The van der Waals surface area contributed by atoms with Gasteiger partial charge in [-0.3, -0.25) is 4.98 Å². The molecular weight excluding hydrogens is 220 g/mol. The van der Waals surface area contributed by atoms with Gasteiger partial charge in [-0.05, 0) is 57.2 Å². The van der Waals surface area contributed by atoms with E-state index in [4.69, 9.17) is 0 Å². The molecule has 1 N–H and O–H groups in total. The Morgan fingerprint density at radius 3 is 2.44 bits per heavy atom. The Morgan fingerprint density at radius 2 is 1.89 bits per heavy atom. The first-order valence-electron chi connectivity index (χ1n) is 7.22. The standard InChI is InChI=1S/C16H28N2/c1-6-11-17-16(10-7-12(2)3)15-9-8-13(4)18-14(15)5/h8-9,12,16-17H,6-7,10-11H2,1-5H3. The molecule has 0 saturated heterocycles. The maximum Gasteiger partial charge on any atom is 0.0423 e. The van der Waals surface area contributed by atoms with Crippen molar-refractivity contribution in [3.05, 3.63) is 29.1 Å². The average Bonchev–Trinajstić information content (AvgIpc) is 2.30. The molecule has 1 aromatic heterocycles. The Kier molecular flexibility index (Phi) is 6.34. The molecular formula is C16H28N2. The van der Waals surface area contributed by atoms with E-state index in [-0.39, 0.29) is 0 Å². The summed E-state index contributed by atoms with van der Waals surface area (Å²) in [5, 5.41) is 3.66. The Bertz CT molecular complexity index is 358. The van der Waals surface area contributed by atoms with Crippen molar-refractivity contribution in [2.45, 2.75) is 59.9 Å². The van der Waals surface area contributed by atoms with E-state index in [0.717, 1.165) is 18.2 Å². The predicted molar refractivity (Wildman–Crippen MR) is 78.8 cm³/mol. The minimum Gasteiger partial charge on any atom is -0.310 e. The molecule has 0 bridgehead atoms. The molecule has 1 aromatic rings. The van der Waals surface area contributed by atoms with Crippen molar-refractivity contribution in [2.75, 3.05) is 6.54 Å². The van der Waals surface area contributed by atoms with Crippen LogP contribution in [0.15, 0.2) is 12.1 Å². The average molecular weight is 248 g/mol. The number of aryl methyl sites for hydroxylation is 2. The molecule has 2 heteroatoms. The van der Waals surface area contributed by atoms with Crippen LogP contribution < -0.4 is 5.32 Å². The molecule has 0 aliphatic heterocycles. The highest BCUT2D eigenvalue weighted by Gasteiger charge is 2.14. The smallest absolute Gasteiger partial charge is 0.0423 e. The maximum atomic E-state index is 4.59. The van der Waals surface area contributed by atoms with Gasteiger partial charge in [0.2, 0.25) is 0 Å². The fourth-order valence-corrected chi connectivity index (χ4v) is 2.25. The summed E-state index contributed by atoms with van der Waals surface area (Å²) in [4.78, 5) is 4.59. The van der Waals surface area contributed by atoms with Crippen LogP contribution in [0.25, 0.3) is 0 Å². The third-order valence-corrected chi connectivity index (χ3v) is 3.31. The normalized spacial score (nSPS) is 13.0. The zero-order valence-corrected chi connectivity index (χ0v) is 12.6. The van der Waals surface area contributed by atoms with Gasteiger partial charge in [0, 0.05) is 17.4 Å². The summed E-state index contributed by atoms with van der Waals surface area (Å²) < 4.78 is 0. The van der Waals surface area contributed by atoms with Crippen molar-refractivity contribution in [3.8, 4) is 0 Å². The lowest BCUT2D eigenvalue weighted by Gasteiger charge is -2.21. The summed E-state index contributed by atoms with van der Waals surface area (Å²) in [6.45, 7) is 12.1. The van der Waals surface area contributed by atoms with Gasteiger partial charge in [0.1, 0.15) is 0 Å². The number of pyridine rings is 1. The molecule has 1 atom stereocenters. The summed E-state index contributed by atoms with van der Waals surface area (Å²) in [5.41, 5.74) is 3.65. The predicted octanol–water partition coefficient (Wildman–Crippen LogP) is 4.18. The van der Waals surface area contributed by atoms with Crippen molar-refractivity contribution < 1.29 is 0 Å². The summed E-state index contributed by atoms with van der Waals surface area (Å²) in [6, 6.07) is 4.82. The lowest BCUT2D eigenvalue weighted by Crippen LogP contribution is -2.23. The monoisotopic (exact) mass is 248 g/mol. The number of hydrogen-bond donors (Lipinski definition) is 1. The van der Waals surface area contributed by atoms with Gasteiger partial charge in [-0.1, -0.05) is 26.8 Å². The van der Waals surface area contributed by atoms with Gasteiger partial charge < -0.3 is 5.32 Å². The van der Waals surface area contributed by atoms with Crippen LogP contribution >= 0.6 is 0 Å². The lowest BCUT2D eigenvalue weighted by atomic mass is 9.96. The van der Waals surface area contributed by atoms with E-state index in [1.807, 2.05) is 0 Å². The molecule has 0 fully saturated rings. The summed E-state index contributed by atoms with van der Waals surface area (Å²) in [6.07, 6.45) is 3.63. The fourth-order valence-electron chi connectivity index (χ4n) is 2.25. The second kappa shape index (κ2) is 7.52. The van der Waals surface area contributed by atoms with Crippen molar-refractivity contribution in [2.24, 2.45) is 5.92 Å². The minimum atomic E-state index is 0.459. The van der Waals surface area contributed by atoms with Gasteiger partial charge in [-0.15, -0.1) is 0 Å². The first kappa shape index (κ1) is 15.2. The van der Waals surface area contributed by atoms with Crippen molar-refractivity contribution >= 4 is 0 Å². The van der Waals surface area contributed by atoms with E-state index in [2.05, 4.69) is 57.1 Å². The van der Waals surface area contributed by atoms with E-state index in [1.54, 1.807) is 0 Å². The number of hydrogen-bond acceptors (Lipinski definition) is 2. The van der Waals surface area contributed by atoms with Crippen molar-refractivity contribution in [3.63, 3.8) is 0 Å². The van der Waals surface area contributed by atoms with Crippen LogP contribution in [-0.2, 0) is 0 Å². The Balaban J connectivity index is 2.79. The molecule has 1 heterocycles. The van der Waals surface area contributed by atoms with E-state index in [1.165, 1.54) is 30.5 Å². The van der Waals surface area contributed by atoms with E-state index >= 15 is 0 Å². The van der Waals surface area contributed by atoms with Gasteiger partial charge >= 0.3 is 0 Å². The van der Waals surface area contributed by atoms with Crippen molar-refractivity contribution in [1.82, 2.24) is 10.3 Å². The van der Waals surface area contributed by atoms with Crippen molar-refractivity contribution in [1.29, 1.82) is 0 Å². The molecule has 0 radical (unpaired) electrons. The number of rotatable bonds is 7. The summed E-state index contributed by atoms with van der Waals surface area (Å²) in [7, 11) is 0. The van der Waals surface area contributed by atoms with Crippen LogP contribution in [0.5, 0.6) is 0 Å². The lowest BCUT2D eigenvalue weighted by molar-refractivity contribution is 0.438. The van der Waals surface area contributed by atoms with E-state index < -0.39 is 0 Å². The second-order valence-electron chi connectivity index (χ2n) is 5.61. The van der Waals surface area contributed by atoms with Gasteiger partial charge in [-0.25, -0.2) is 0 Å². The molecule has 1 unspecified atom stereocenters. The molecule has 0 aliphatic rings. The molecule has 0 aromatic carbocycles. The quantitative estimate of drug-likeness (QED) is 0.783. The molecule has 0 spiro atoms. The zero-order chi connectivity index (χ0) is 13.5. The first-order valence-corrected chi connectivity index (χ1v) is 7.22. The Labute approximate surface area is 112 Å². The number of aromatic nitrogens is 1. The van der Waals surface area contributed by atoms with Crippen LogP contribution in [0.4, 0.5) is 0 Å². The van der Waals surface area contributed by atoms with Gasteiger partial charge in [0.15, 0.2) is 0 Å². The third-order valence-electron chi connectivity index (χ3n) is 3.31. The van der Waals surface area contributed by atoms with Gasteiger partial charge in [0.05, 0.1) is 0 Å². The van der Waals surface area contributed by atoms with Gasteiger partial charge in [0.25, 0.3) is 0 Å². The Morgan fingerprint density at radius 1 is 1.17 bits per heavy atom. The molecule has 0 saturated carbocycles. The third kappa shape index (κ3) is 4.77. The summed E-state index contributed by atoms with van der Waals surface area (Å²) in [5.74, 6) is 0.759. The second-order valence-corrected chi connectivity index (χ2v) is 5.61. The SMILES string of the molecule is CCCNC(CCC(C)C)c1ccc(C)nc1C. The van der Waals surface area contributed by atoms with Crippen LogP contribution in [0.3, 0.4) is 0 Å². The van der Waals surface area contributed by atoms with Crippen LogP contribution in [0, 0.1) is 19.8 Å². The molecule has 0 aliphatic carbocycles. The zero-order valence-electron chi connectivity index (χ0n) is 12.6. The molecule has 0 amide bonds. The highest BCUT2D eigenvalue weighted by molar-refractivity contribution is 5.25. The molecule has 2 nitrogen and oxygen atoms in total. The number of nitrogens with one attached hydrogen (secondary N) is 1. The minimum absolute atomic E-state index is 0.459. The van der Waals surface area contributed by atoms with Crippen LogP contribution in [0.2, 0.25) is 0 Å². The highest BCUT2D eigenvalue weighted by Crippen LogP contribution is 2.23. The van der Waals surface area contributed by atoms with Gasteiger partial charge in [-0.2, -0.15) is 0 Å². The highest BCUT2D eigenvalue weighted by atomic mass is 14.9. The van der Waals surface area contributed by atoms with Crippen LogP contribution in [0.1, 0.15) is 63.0 Å². The summed E-state index contributed by atoms with van der Waals surface area (Å²) >= 11 is 0. The first-order chi connectivity index (χ1) is 8.54. The molecule has 18 heavy (non-hydrogen) atoms. The largest absolute Gasteiger partial charge is 0.310 e. The van der Waals surface area contributed by atoms with E-state index in [0.29, 0.717) is 6.04 Å². The molecule has 102 valence electrons. The van der Waals surface area contributed by atoms with E-state index in [9.17, 15) is 0 Å². The maximum absolute atomic E-state index is 4.59. The Hall–Kier alpha value is -0.890. The fraction of sp³-hybridized carbons (Fsp3) is 0.688. The molecule has 1 rings (SSSR count). The number of nitrogens with zero attached hydrogens (tertiary/aromatic N) is 1.